The van der Waals surface area contributed by atoms with Gasteiger partial charge in [0.15, 0.2) is 11.7 Å². The van der Waals surface area contributed by atoms with Gasteiger partial charge >= 0.3 is 0 Å². The number of nitrogens with two attached hydrogens (primary N) is 1. The Bertz CT molecular complexity index is 811. The molecule has 3 rings (SSSR count). The monoisotopic (exact) mass is 547 g/mol. The Labute approximate surface area is 183 Å². The summed E-state index contributed by atoms with van der Waals surface area (Å²) in [7, 11) is 1.73. The molecule has 2 aromatic rings. The van der Waals surface area contributed by atoms with Crippen LogP contribution in [0.25, 0.3) is 0 Å². The van der Waals surface area contributed by atoms with Gasteiger partial charge in [0.25, 0.3) is 5.91 Å². The standard InChI is InChI=1S/C18H22BrN5O2.HI/c1-21-18(22-10-13-6-7-16(26-13)17(20)25)23-12-8-9-24(11-12)15-5-3-2-4-14(15)19;/h2-7,12H,8-11H2,1H3,(H2,20,25)(H2,21,22,23);1H. The van der Waals surface area contributed by atoms with Crippen LogP contribution in [-0.4, -0.2) is 38.0 Å². The molecule has 1 aromatic carbocycles. The van der Waals surface area contributed by atoms with Crippen molar-refractivity contribution in [3.8, 4) is 0 Å². The lowest BCUT2D eigenvalue weighted by molar-refractivity contribution is 0.0972. The minimum absolute atomic E-state index is 0. The topological polar surface area (TPSA) is 95.9 Å². The van der Waals surface area contributed by atoms with Gasteiger partial charge in [-0.05, 0) is 46.6 Å². The minimum Gasteiger partial charge on any atom is -0.454 e. The number of benzene rings is 1. The maximum Gasteiger partial charge on any atom is 0.284 e. The number of nitrogens with zero attached hydrogens (tertiary/aromatic N) is 2. The normalized spacial score (nSPS) is 16.7. The number of hydrogen-bond donors (Lipinski definition) is 3. The molecule has 1 unspecified atom stereocenters. The fourth-order valence-corrected chi connectivity index (χ4v) is 3.50. The molecule has 7 nitrogen and oxygen atoms in total. The largest absolute Gasteiger partial charge is 0.454 e. The van der Waals surface area contributed by atoms with Crippen LogP contribution in [0.5, 0.6) is 0 Å². The zero-order valence-electron chi connectivity index (χ0n) is 14.9. The number of anilines is 1. The Kier molecular flexibility index (Phi) is 7.96. The maximum absolute atomic E-state index is 11.1. The number of amides is 1. The van der Waals surface area contributed by atoms with Crippen LogP contribution in [0.4, 0.5) is 5.69 Å². The summed E-state index contributed by atoms with van der Waals surface area (Å²) in [5, 5.41) is 6.63. The first kappa shape index (κ1) is 21.5. The average molecular weight is 548 g/mol. The number of halogens is 2. The highest BCUT2D eigenvalue weighted by molar-refractivity contribution is 14.0. The molecule has 146 valence electrons. The van der Waals surface area contributed by atoms with Gasteiger partial charge in [-0.3, -0.25) is 9.79 Å². The third kappa shape index (κ3) is 5.61. The highest BCUT2D eigenvalue weighted by Gasteiger charge is 2.24. The van der Waals surface area contributed by atoms with E-state index >= 15 is 0 Å². The molecule has 2 heterocycles. The van der Waals surface area contributed by atoms with Crippen LogP contribution in [0, 0.1) is 0 Å². The van der Waals surface area contributed by atoms with Gasteiger partial charge in [0, 0.05) is 30.7 Å². The molecule has 1 aromatic heterocycles. The smallest absolute Gasteiger partial charge is 0.284 e. The maximum atomic E-state index is 11.1. The third-order valence-electron chi connectivity index (χ3n) is 4.28. The van der Waals surface area contributed by atoms with E-state index in [1.54, 1.807) is 19.2 Å². The van der Waals surface area contributed by atoms with Gasteiger partial charge in [0.1, 0.15) is 5.76 Å². The van der Waals surface area contributed by atoms with Crippen LogP contribution < -0.4 is 21.3 Å². The Morgan fingerprint density at radius 1 is 1.37 bits per heavy atom. The second-order valence-electron chi connectivity index (χ2n) is 6.08. The van der Waals surface area contributed by atoms with Crippen molar-refractivity contribution in [3.05, 3.63) is 52.4 Å². The van der Waals surface area contributed by atoms with Crippen molar-refractivity contribution >= 4 is 57.5 Å². The summed E-state index contributed by atoms with van der Waals surface area (Å²) >= 11 is 3.61. The van der Waals surface area contributed by atoms with E-state index in [1.807, 2.05) is 12.1 Å². The predicted octanol–water partition coefficient (Wildman–Crippen LogP) is 2.70. The number of rotatable bonds is 5. The number of carbonyl (C=O) groups is 1. The van der Waals surface area contributed by atoms with Crippen molar-refractivity contribution in [2.24, 2.45) is 10.7 Å². The van der Waals surface area contributed by atoms with Gasteiger partial charge in [-0.15, -0.1) is 24.0 Å². The lowest BCUT2D eigenvalue weighted by Gasteiger charge is -2.21. The summed E-state index contributed by atoms with van der Waals surface area (Å²) in [6.07, 6.45) is 1.02. The van der Waals surface area contributed by atoms with E-state index in [-0.39, 0.29) is 29.7 Å². The first-order valence-electron chi connectivity index (χ1n) is 8.42. The highest BCUT2D eigenvalue weighted by Crippen LogP contribution is 2.28. The van der Waals surface area contributed by atoms with Crippen LogP contribution in [0.2, 0.25) is 0 Å². The van der Waals surface area contributed by atoms with Crippen LogP contribution in [0.1, 0.15) is 22.7 Å². The van der Waals surface area contributed by atoms with Crippen molar-refractivity contribution in [2.45, 2.75) is 19.0 Å². The summed E-state index contributed by atoms with van der Waals surface area (Å²) in [6, 6.07) is 11.8. The lowest BCUT2D eigenvalue weighted by Crippen LogP contribution is -2.44. The van der Waals surface area contributed by atoms with E-state index in [4.69, 9.17) is 10.2 Å². The molecule has 4 N–H and O–H groups in total. The van der Waals surface area contributed by atoms with Crippen LogP contribution >= 0.6 is 39.9 Å². The highest BCUT2D eigenvalue weighted by atomic mass is 127. The Morgan fingerprint density at radius 3 is 2.81 bits per heavy atom. The first-order valence-corrected chi connectivity index (χ1v) is 9.21. The summed E-state index contributed by atoms with van der Waals surface area (Å²) in [6.45, 7) is 2.31. The van der Waals surface area contributed by atoms with Crippen molar-refractivity contribution in [1.29, 1.82) is 0 Å². The van der Waals surface area contributed by atoms with Crippen molar-refractivity contribution < 1.29 is 9.21 Å². The minimum atomic E-state index is -0.572. The number of nitrogens with one attached hydrogen (secondary N) is 2. The van der Waals surface area contributed by atoms with Crippen molar-refractivity contribution in [2.75, 3.05) is 25.0 Å². The molecule has 9 heteroatoms. The fourth-order valence-electron chi connectivity index (χ4n) is 2.97. The molecule has 1 aliphatic heterocycles. The molecule has 0 saturated carbocycles. The Balaban J connectivity index is 0.00000261. The van der Waals surface area contributed by atoms with Gasteiger partial charge in [-0.2, -0.15) is 0 Å². The van der Waals surface area contributed by atoms with Crippen molar-refractivity contribution in [3.63, 3.8) is 0 Å². The van der Waals surface area contributed by atoms with E-state index in [2.05, 4.69) is 48.6 Å². The molecule has 0 aliphatic carbocycles. The van der Waals surface area contributed by atoms with E-state index in [0.29, 0.717) is 24.3 Å². The molecule has 0 spiro atoms. The van der Waals surface area contributed by atoms with E-state index in [0.717, 1.165) is 24.0 Å². The number of furan rings is 1. The fraction of sp³-hybridized carbons (Fsp3) is 0.333. The number of guanidine groups is 1. The van der Waals surface area contributed by atoms with Crippen molar-refractivity contribution in [1.82, 2.24) is 10.6 Å². The summed E-state index contributed by atoms with van der Waals surface area (Å²) in [5.74, 6) is 0.908. The second-order valence-corrected chi connectivity index (χ2v) is 6.94. The number of carbonyl (C=O) groups excluding carboxylic acids is 1. The molecular weight excluding hydrogens is 525 g/mol. The molecular formula is C18H23BrIN5O2. The zero-order chi connectivity index (χ0) is 18.5. The molecule has 27 heavy (non-hydrogen) atoms. The number of hydrogen-bond acceptors (Lipinski definition) is 4. The van der Waals surface area contributed by atoms with Crippen LogP contribution in [0.15, 0.2) is 50.3 Å². The average Bonchev–Trinajstić information content (AvgIpc) is 3.28. The van der Waals surface area contributed by atoms with E-state index in [1.165, 1.54) is 5.69 Å². The third-order valence-corrected chi connectivity index (χ3v) is 4.95. The summed E-state index contributed by atoms with van der Waals surface area (Å²) in [5.41, 5.74) is 6.40. The lowest BCUT2D eigenvalue weighted by atomic mass is 10.3. The quantitative estimate of drug-likeness (QED) is 0.304. The van der Waals surface area contributed by atoms with Crippen LogP contribution in [0.3, 0.4) is 0 Å². The number of primary amides is 1. The molecule has 1 fully saturated rings. The Morgan fingerprint density at radius 2 is 2.15 bits per heavy atom. The molecule has 1 amide bonds. The zero-order valence-corrected chi connectivity index (χ0v) is 18.9. The molecule has 1 aliphatic rings. The number of aliphatic imine (C=N–C) groups is 1. The van der Waals surface area contributed by atoms with Gasteiger partial charge in [0.05, 0.1) is 12.2 Å². The van der Waals surface area contributed by atoms with Gasteiger partial charge in [0.2, 0.25) is 0 Å². The SMILES string of the molecule is CN=C(NCc1ccc(C(N)=O)o1)NC1CCN(c2ccccc2Br)C1.I. The first-order chi connectivity index (χ1) is 12.6. The van der Waals surface area contributed by atoms with Gasteiger partial charge in [-0.1, -0.05) is 12.1 Å². The molecule has 1 saturated heterocycles. The van der Waals surface area contributed by atoms with Crippen LogP contribution in [-0.2, 0) is 6.54 Å². The second kappa shape index (κ2) is 9.98. The van der Waals surface area contributed by atoms with E-state index < -0.39 is 5.91 Å². The summed E-state index contributed by atoms with van der Waals surface area (Å²) < 4.78 is 6.47. The number of para-hydroxylation sites is 1. The predicted molar refractivity (Wildman–Crippen MR) is 121 cm³/mol. The van der Waals surface area contributed by atoms with Gasteiger partial charge < -0.3 is 25.7 Å². The molecule has 0 bridgehead atoms. The van der Waals surface area contributed by atoms with Gasteiger partial charge in [-0.25, -0.2) is 0 Å². The molecule has 0 radical (unpaired) electrons. The summed E-state index contributed by atoms with van der Waals surface area (Å²) in [4.78, 5) is 17.7. The van der Waals surface area contributed by atoms with E-state index in [9.17, 15) is 4.79 Å². The molecule has 1 atom stereocenters. The Hall–Kier alpha value is -1.75.